The average Bonchev–Trinajstić information content (AvgIpc) is 2.96. The molecular weight excluding hydrogens is 336 g/mol. The van der Waals surface area contributed by atoms with Gasteiger partial charge in [0.25, 0.3) is 0 Å². The average molecular weight is 354 g/mol. The number of nitrogen functional groups attached to an aromatic ring is 1. The molecule has 2 aromatic heterocycles. The van der Waals surface area contributed by atoms with Crippen LogP contribution < -0.4 is 5.73 Å². The Kier molecular flexibility index (Phi) is 4.35. The second kappa shape index (κ2) is 6.14. The van der Waals surface area contributed by atoms with Crippen molar-refractivity contribution in [2.24, 2.45) is 5.92 Å². The van der Waals surface area contributed by atoms with Gasteiger partial charge in [0, 0.05) is 12.8 Å². The summed E-state index contributed by atoms with van der Waals surface area (Å²) in [6.45, 7) is 5.46. The number of esters is 1. The molecule has 9 heteroatoms. The molecule has 1 fully saturated rings. The first-order valence-electron chi connectivity index (χ1n) is 7.38. The van der Waals surface area contributed by atoms with E-state index in [-0.39, 0.29) is 23.9 Å². The molecule has 0 aromatic carbocycles. The van der Waals surface area contributed by atoms with Gasteiger partial charge in [-0.25, -0.2) is 4.98 Å². The normalized spacial score (nSPS) is 27.4. The van der Waals surface area contributed by atoms with Crippen LogP contribution in [0.1, 0.15) is 33.4 Å². The maximum atomic E-state index is 11.5. The van der Waals surface area contributed by atoms with Crippen molar-refractivity contribution in [2.45, 2.75) is 45.6 Å². The molecule has 1 aliphatic rings. The van der Waals surface area contributed by atoms with Crippen molar-refractivity contribution in [1.82, 2.24) is 14.5 Å². The number of carbonyl (C=O) groups is 1. The number of thiazole rings is 1. The van der Waals surface area contributed by atoms with E-state index in [2.05, 4.69) is 9.97 Å². The lowest BCUT2D eigenvalue weighted by molar-refractivity contribution is -0.153. The van der Waals surface area contributed by atoms with Crippen molar-refractivity contribution in [2.75, 3.05) is 5.73 Å². The molecule has 1 aliphatic heterocycles. The van der Waals surface area contributed by atoms with E-state index >= 15 is 0 Å². The van der Waals surface area contributed by atoms with Crippen LogP contribution in [0.25, 0.3) is 10.3 Å². The van der Waals surface area contributed by atoms with Crippen molar-refractivity contribution < 1.29 is 14.3 Å². The highest BCUT2D eigenvalue weighted by atomic mass is 32.1. The summed E-state index contributed by atoms with van der Waals surface area (Å²) < 4.78 is 14.9. The number of nitrogens with zero attached hydrogens (tertiary/aromatic N) is 3. The van der Waals surface area contributed by atoms with Gasteiger partial charge in [0.2, 0.25) is 5.95 Å². The van der Waals surface area contributed by atoms with Gasteiger partial charge in [-0.3, -0.25) is 9.36 Å². The van der Waals surface area contributed by atoms with E-state index in [1.807, 2.05) is 13.8 Å². The Morgan fingerprint density at radius 1 is 1.61 bits per heavy atom. The Morgan fingerprint density at radius 2 is 2.35 bits per heavy atom. The lowest BCUT2D eigenvalue weighted by Gasteiger charge is -2.22. The molecule has 0 saturated carbocycles. The fourth-order valence-corrected chi connectivity index (χ4v) is 4.24. The van der Waals surface area contributed by atoms with E-state index in [0.717, 1.165) is 11.1 Å². The molecule has 3 rings (SSSR count). The molecule has 0 amide bonds. The van der Waals surface area contributed by atoms with Gasteiger partial charge in [-0.1, -0.05) is 13.8 Å². The second-order valence-corrected chi connectivity index (χ2v) is 7.24. The summed E-state index contributed by atoms with van der Waals surface area (Å²) in [6.07, 6.45) is 1.53. The predicted octanol–water partition coefficient (Wildman–Crippen LogP) is 2.68. The van der Waals surface area contributed by atoms with E-state index in [1.54, 1.807) is 10.8 Å². The molecule has 1 saturated heterocycles. The molecule has 0 radical (unpaired) electrons. The standard InChI is InChI=1S/C14H18N4O3S2/c1-4-8-6(2)10(20-7(3)19)12(21-8)18-11-9(23-14(18)22)5-16-13(15)17-11/h5-6,8,10,12H,4H2,1-3H3,(H2,15,16,17)/t6-,8+,10+,12+/m0/s1. The molecule has 0 aliphatic carbocycles. The quantitative estimate of drug-likeness (QED) is 0.669. The minimum absolute atomic E-state index is 0.0135. The van der Waals surface area contributed by atoms with Gasteiger partial charge in [0.1, 0.15) is 0 Å². The topological polar surface area (TPSA) is 92.3 Å². The Morgan fingerprint density at radius 3 is 3.00 bits per heavy atom. The number of carbonyl (C=O) groups excluding carboxylic acids is 1. The molecule has 0 spiro atoms. The summed E-state index contributed by atoms with van der Waals surface area (Å²) in [7, 11) is 0. The molecule has 23 heavy (non-hydrogen) atoms. The van der Waals surface area contributed by atoms with Crippen LogP contribution in [-0.2, 0) is 14.3 Å². The van der Waals surface area contributed by atoms with Gasteiger partial charge in [-0.05, 0) is 18.6 Å². The largest absolute Gasteiger partial charge is 0.457 e. The van der Waals surface area contributed by atoms with Crippen LogP contribution in [0.2, 0.25) is 0 Å². The molecule has 2 N–H and O–H groups in total. The van der Waals surface area contributed by atoms with Crippen LogP contribution in [0.3, 0.4) is 0 Å². The summed E-state index contributed by atoms with van der Waals surface area (Å²) in [6, 6.07) is 0. The van der Waals surface area contributed by atoms with Gasteiger partial charge in [-0.2, -0.15) is 4.98 Å². The van der Waals surface area contributed by atoms with E-state index in [4.69, 9.17) is 27.4 Å². The third-order valence-corrected chi connectivity index (χ3v) is 5.36. The van der Waals surface area contributed by atoms with E-state index in [0.29, 0.717) is 9.60 Å². The Labute approximate surface area is 142 Å². The van der Waals surface area contributed by atoms with Crippen LogP contribution in [0.5, 0.6) is 0 Å². The number of hydrogen-bond acceptors (Lipinski definition) is 8. The number of fused-ring (bicyclic) bond motifs is 1. The van der Waals surface area contributed by atoms with E-state index in [1.165, 1.54) is 18.3 Å². The molecule has 3 heterocycles. The number of ether oxygens (including phenoxy) is 2. The highest BCUT2D eigenvalue weighted by Crippen LogP contribution is 2.40. The summed E-state index contributed by atoms with van der Waals surface area (Å²) in [5.74, 6) is -0.112. The van der Waals surface area contributed by atoms with Crippen LogP contribution in [0.4, 0.5) is 5.95 Å². The minimum atomic E-state index is -0.505. The Bertz CT molecular complexity index is 803. The second-order valence-electron chi connectivity index (χ2n) is 5.56. The molecule has 2 aromatic rings. The van der Waals surface area contributed by atoms with Crippen LogP contribution in [0, 0.1) is 9.87 Å². The number of aromatic nitrogens is 3. The molecule has 7 nitrogen and oxygen atoms in total. The third-order valence-electron chi connectivity index (χ3n) is 4.04. The summed E-state index contributed by atoms with van der Waals surface area (Å²) in [5.41, 5.74) is 6.32. The number of nitrogens with two attached hydrogens (primary N) is 1. The van der Waals surface area contributed by atoms with Gasteiger partial charge < -0.3 is 15.2 Å². The van der Waals surface area contributed by atoms with Crippen molar-refractivity contribution in [3.63, 3.8) is 0 Å². The highest BCUT2D eigenvalue weighted by molar-refractivity contribution is 7.73. The van der Waals surface area contributed by atoms with Crippen molar-refractivity contribution in [3.8, 4) is 0 Å². The third kappa shape index (κ3) is 2.84. The minimum Gasteiger partial charge on any atom is -0.457 e. The molecule has 0 bridgehead atoms. The summed E-state index contributed by atoms with van der Waals surface area (Å²) in [4.78, 5) is 19.8. The van der Waals surface area contributed by atoms with E-state index in [9.17, 15) is 4.79 Å². The molecular formula is C14H18N4O3S2. The Hall–Kier alpha value is -1.58. The lowest BCUT2D eigenvalue weighted by Crippen LogP contribution is -2.29. The smallest absolute Gasteiger partial charge is 0.303 e. The first-order valence-corrected chi connectivity index (χ1v) is 8.61. The first-order chi connectivity index (χ1) is 10.9. The van der Waals surface area contributed by atoms with Crippen molar-refractivity contribution in [3.05, 3.63) is 10.2 Å². The predicted molar refractivity (Wildman–Crippen MR) is 89.6 cm³/mol. The number of anilines is 1. The van der Waals surface area contributed by atoms with Crippen LogP contribution in [0.15, 0.2) is 6.20 Å². The zero-order valence-electron chi connectivity index (χ0n) is 13.1. The maximum Gasteiger partial charge on any atom is 0.303 e. The van der Waals surface area contributed by atoms with Crippen molar-refractivity contribution in [1.29, 1.82) is 0 Å². The zero-order valence-corrected chi connectivity index (χ0v) is 14.7. The Balaban J connectivity index is 2.11. The lowest BCUT2D eigenvalue weighted by atomic mass is 9.98. The monoisotopic (exact) mass is 354 g/mol. The first kappa shape index (κ1) is 16.3. The SMILES string of the molecule is CC[C@H]1O[C@@H](n2c(=S)sc3cnc(N)nc32)[C@H](OC(C)=O)[C@H]1C. The molecule has 0 unspecified atom stereocenters. The fraction of sp³-hybridized carbons (Fsp3) is 0.571. The number of rotatable bonds is 3. The number of hydrogen-bond donors (Lipinski definition) is 1. The zero-order chi connectivity index (χ0) is 16.7. The van der Waals surface area contributed by atoms with Crippen LogP contribution >= 0.6 is 23.6 Å². The van der Waals surface area contributed by atoms with Gasteiger partial charge >= 0.3 is 5.97 Å². The van der Waals surface area contributed by atoms with E-state index < -0.39 is 12.3 Å². The summed E-state index contributed by atoms with van der Waals surface area (Å²) >= 11 is 6.85. The maximum absolute atomic E-state index is 11.5. The van der Waals surface area contributed by atoms with Crippen LogP contribution in [-0.4, -0.2) is 32.7 Å². The van der Waals surface area contributed by atoms with Crippen molar-refractivity contribution >= 4 is 45.8 Å². The van der Waals surface area contributed by atoms with Gasteiger partial charge in [0.15, 0.2) is 21.9 Å². The fourth-order valence-electron chi connectivity index (χ4n) is 2.96. The molecule has 124 valence electrons. The molecule has 4 atom stereocenters. The highest BCUT2D eigenvalue weighted by Gasteiger charge is 2.45. The van der Waals surface area contributed by atoms with Gasteiger partial charge in [-0.15, -0.1) is 11.3 Å². The summed E-state index contributed by atoms with van der Waals surface area (Å²) in [5, 5.41) is 0. The van der Waals surface area contributed by atoms with Gasteiger partial charge in [0.05, 0.1) is 17.0 Å².